The van der Waals surface area contributed by atoms with Gasteiger partial charge >= 0.3 is 18.0 Å². The van der Waals surface area contributed by atoms with Gasteiger partial charge in [-0.1, -0.05) is 23.7 Å². The highest BCUT2D eigenvalue weighted by molar-refractivity contribution is 8.18. The van der Waals surface area contributed by atoms with Crippen molar-refractivity contribution in [2.75, 3.05) is 12.9 Å². The van der Waals surface area contributed by atoms with E-state index in [0.717, 1.165) is 122 Å². The molecule has 0 bridgehead atoms. The van der Waals surface area contributed by atoms with Crippen molar-refractivity contribution in [2.24, 2.45) is 11.8 Å². The Balaban J connectivity index is 0.000000199. The molecule has 10 rings (SSSR count). The van der Waals surface area contributed by atoms with Crippen LogP contribution in [0.25, 0.3) is 34.7 Å². The number of aromatic nitrogens is 6. The number of amides is 5. The summed E-state index contributed by atoms with van der Waals surface area (Å²) in [4.78, 5) is 110. The second-order valence-corrected chi connectivity index (χ2v) is 23.1. The zero-order valence-electron chi connectivity index (χ0n) is 44.8. The van der Waals surface area contributed by atoms with Gasteiger partial charge in [0.15, 0.2) is 6.07 Å². The van der Waals surface area contributed by atoms with Crippen LogP contribution in [0.2, 0.25) is 0 Å². The summed E-state index contributed by atoms with van der Waals surface area (Å²) < 4.78 is 14.3. The number of rotatable bonds is 17. The van der Waals surface area contributed by atoms with Crippen molar-refractivity contribution in [3.05, 3.63) is 139 Å². The van der Waals surface area contributed by atoms with Crippen LogP contribution in [0.15, 0.2) is 104 Å². The number of imide groups is 2. The lowest BCUT2D eigenvalue weighted by molar-refractivity contribution is -0.150. The van der Waals surface area contributed by atoms with Crippen molar-refractivity contribution in [3.8, 4) is 22.5 Å². The number of thiophene rings is 2. The molecule has 25 heteroatoms. The largest absolute Gasteiger partial charge is 0.450 e. The van der Waals surface area contributed by atoms with Gasteiger partial charge in [0.2, 0.25) is 6.79 Å². The molecule has 0 unspecified atom stereocenters. The fraction of sp³-hybridized carbons (Fsp3) is 0.351. The Labute approximate surface area is 495 Å². The van der Waals surface area contributed by atoms with Gasteiger partial charge < -0.3 is 19.5 Å². The third-order valence-electron chi connectivity index (χ3n) is 13.4. The van der Waals surface area contributed by atoms with E-state index in [2.05, 4.69) is 75.6 Å². The van der Waals surface area contributed by atoms with Crippen LogP contribution in [0, 0.1) is 11.8 Å². The van der Waals surface area contributed by atoms with Crippen LogP contribution < -0.4 is 16.0 Å². The molecule has 0 atom stereocenters. The molecule has 4 aliphatic rings. The lowest BCUT2D eigenvalue weighted by atomic mass is 9.83. The summed E-state index contributed by atoms with van der Waals surface area (Å²) in [5.74, 6) is 0.651. The molecule has 2 saturated carbocycles. The molecular weight excluding hydrogens is 1150 g/mol. The van der Waals surface area contributed by atoms with E-state index in [9.17, 15) is 33.6 Å². The van der Waals surface area contributed by atoms with Gasteiger partial charge in [-0.25, -0.2) is 24.7 Å². The first-order chi connectivity index (χ1) is 39.7. The van der Waals surface area contributed by atoms with Crippen LogP contribution in [0.5, 0.6) is 0 Å². The molecule has 2 aliphatic carbocycles. The Morgan fingerprint density at radius 3 is 1.62 bits per heavy atom. The molecule has 3 N–H and O–H groups in total. The number of hydrogen-bond donors (Lipinski definition) is 3. The van der Waals surface area contributed by atoms with E-state index in [-0.39, 0.29) is 35.8 Å². The highest BCUT2D eigenvalue weighted by Gasteiger charge is 2.32. The molecule has 428 valence electrons. The van der Waals surface area contributed by atoms with E-state index in [1.165, 1.54) is 19.4 Å². The predicted octanol–water partition coefficient (Wildman–Crippen LogP) is 10.7. The zero-order valence-corrected chi connectivity index (χ0v) is 48.8. The first kappa shape index (κ1) is 60.9. The third kappa shape index (κ3) is 18.9. The molecule has 20 nitrogen and oxygen atoms in total. The smallest absolute Gasteiger partial charge is 0.413 e. The van der Waals surface area contributed by atoms with Gasteiger partial charge in [0.1, 0.15) is 11.6 Å². The van der Waals surface area contributed by atoms with E-state index in [1.54, 1.807) is 64.3 Å². The molecule has 2 aliphatic heterocycles. The summed E-state index contributed by atoms with van der Waals surface area (Å²) in [7, 11) is 0. The lowest BCUT2D eigenvalue weighted by Crippen LogP contribution is -2.43. The highest BCUT2D eigenvalue weighted by Crippen LogP contribution is 2.33. The Morgan fingerprint density at radius 2 is 1.16 bits per heavy atom. The minimum Gasteiger partial charge on any atom is -0.450 e. The number of carbonyl (C=O) groups excluding carboxylic acids is 7. The van der Waals surface area contributed by atoms with Crippen LogP contribution in [-0.2, 0) is 59.3 Å². The summed E-state index contributed by atoms with van der Waals surface area (Å²) >= 11 is 9.99. The van der Waals surface area contributed by atoms with Gasteiger partial charge in [-0.15, -0.1) is 0 Å². The lowest BCUT2D eigenvalue weighted by Gasteiger charge is -2.36. The Hall–Kier alpha value is -7.22. The van der Waals surface area contributed by atoms with Crippen LogP contribution in [-0.4, -0.2) is 100 Å². The van der Waals surface area contributed by atoms with Crippen molar-refractivity contribution in [1.82, 2.24) is 50.8 Å². The van der Waals surface area contributed by atoms with Crippen LogP contribution in [0.4, 0.5) is 14.4 Å². The fourth-order valence-corrected chi connectivity index (χ4v) is 12.2. The molecule has 6 aromatic rings. The Kier molecular flexibility index (Phi) is 22.8. The average Bonchev–Trinajstić information content (AvgIpc) is 4.41. The van der Waals surface area contributed by atoms with E-state index in [4.69, 9.17) is 31.0 Å². The predicted molar refractivity (Wildman–Crippen MR) is 314 cm³/mol. The van der Waals surface area contributed by atoms with Crippen LogP contribution >= 0.6 is 57.8 Å². The Morgan fingerprint density at radius 1 is 0.646 bits per heavy atom. The first-order valence-electron chi connectivity index (χ1n) is 26.3. The minimum absolute atomic E-state index is 0.0463. The summed E-state index contributed by atoms with van der Waals surface area (Å²) in [5, 5.41) is 15.7. The first-order valence-corrected chi connectivity index (χ1v) is 30.4. The number of hydrogen-bond acceptors (Lipinski definition) is 21. The van der Waals surface area contributed by atoms with Crippen molar-refractivity contribution in [2.45, 2.75) is 103 Å². The van der Waals surface area contributed by atoms with Gasteiger partial charge in [-0.3, -0.25) is 54.3 Å². The molecule has 5 amide bonds. The number of esters is 2. The summed E-state index contributed by atoms with van der Waals surface area (Å²) in [6.07, 6.45) is 15.2. The summed E-state index contributed by atoms with van der Waals surface area (Å²) in [6.45, 7) is 3.17. The Bertz CT molecular complexity index is 3260. The van der Waals surface area contributed by atoms with Crippen LogP contribution in [0.3, 0.4) is 0 Å². The minimum atomic E-state index is -0.557. The van der Waals surface area contributed by atoms with Crippen molar-refractivity contribution < 1.29 is 47.8 Å². The normalized spacial score (nSPS) is 19.5. The standard InChI is InChI=1S/C29H29N5O6S2.C25H25N5O2S2.C3H5ClO2/c1-18(35)39-17-40-29(38)34(15-22-3-2-4-24(31-22)20-10-12-41-16-20)23-7-5-19(6-8-23)13-26-30-11-9-21(32-26)14-25-27(36)33-28(37)42-25;31-24-22(34-25(32)30-24)13-19-8-10-26-23(29-19)12-16-4-6-18(7-5-16)27-14-20-2-1-3-21(28-20)17-9-11-33-15-17;1-3(5)6-2-4/h2-4,9-12,14,16,19,23H,5-8,13,15,17H2,1H3,(H,33,36,37);1-3,8-11,13,15-16,18,27H,4-7,12,14H2,(H,30,31,32);2H2,1H3/b25-14-;22-13-;. The maximum atomic E-state index is 13.1. The van der Waals surface area contributed by atoms with E-state index in [0.29, 0.717) is 51.3 Å². The number of carbonyl (C=O) groups is 7. The molecule has 2 saturated heterocycles. The maximum absolute atomic E-state index is 13.1. The van der Waals surface area contributed by atoms with Crippen molar-refractivity contribution in [1.29, 1.82) is 0 Å². The highest BCUT2D eigenvalue weighted by atomic mass is 35.5. The summed E-state index contributed by atoms with van der Waals surface area (Å²) in [6, 6.07) is 19.9. The molecule has 0 spiro atoms. The number of halogens is 1. The van der Waals surface area contributed by atoms with Gasteiger partial charge in [-0.05, 0) is 158 Å². The molecule has 8 heterocycles. The quantitative estimate of drug-likeness (QED) is 0.0332. The average molecular weight is 1210 g/mol. The SMILES string of the molecule is CC(=O)OCCl.CC(=O)OCOC(=O)N(Cc1cccc(-c2ccsc2)n1)C1CCC(Cc2nccc(/C=C3\SC(=O)NC3=O)n2)CC1.O=C1NC(=O)/C(=C/c2ccnc(CC3CCC(NCc4cccc(-c5ccsc5)n4)CC3)n2)S1. The molecule has 0 aromatic carbocycles. The molecule has 0 radical (unpaired) electrons. The topological polar surface area (TPSA) is 264 Å². The molecular formula is C57H59ClN10O10S4. The summed E-state index contributed by atoms with van der Waals surface area (Å²) in [5.41, 5.74) is 7.09. The zero-order chi connectivity index (χ0) is 57.8. The van der Waals surface area contributed by atoms with E-state index >= 15 is 0 Å². The van der Waals surface area contributed by atoms with Gasteiger partial charge in [0.25, 0.3) is 22.3 Å². The molecule has 4 fully saturated rings. The van der Waals surface area contributed by atoms with Crippen LogP contribution in [0.1, 0.15) is 99.6 Å². The number of nitrogens with zero attached hydrogens (tertiary/aromatic N) is 7. The van der Waals surface area contributed by atoms with E-state index < -0.39 is 30.0 Å². The number of alkyl halides is 1. The van der Waals surface area contributed by atoms with Crippen molar-refractivity contribution >= 4 is 110 Å². The second kappa shape index (κ2) is 30.7. The fourth-order valence-electron chi connectivity index (χ4n) is 9.42. The number of ether oxygens (including phenoxy) is 3. The van der Waals surface area contributed by atoms with Crippen molar-refractivity contribution in [3.63, 3.8) is 0 Å². The maximum Gasteiger partial charge on any atom is 0.413 e. The number of nitrogens with one attached hydrogen (secondary N) is 3. The molecule has 6 aromatic heterocycles. The second-order valence-electron chi connectivity index (χ2n) is 19.3. The van der Waals surface area contributed by atoms with E-state index in [1.807, 2.05) is 35.0 Å². The van der Waals surface area contributed by atoms with Gasteiger partial charge in [0.05, 0.1) is 50.5 Å². The number of pyridine rings is 2. The molecule has 82 heavy (non-hydrogen) atoms. The van der Waals surface area contributed by atoms with Gasteiger partial charge in [0, 0.05) is 79.6 Å². The van der Waals surface area contributed by atoms with Gasteiger partial charge in [-0.2, -0.15) is 22.7 Å². The number of thioether (sulfide) groups is 2. The monoisotopic (exact) mass is 1210 g/mol. The third-order valence-corrected chi connectivity index (χ3v) is 16.5.